The Balaban J connectivity index is 1.72. The van der Waals surface area contributed by atoms with Crippen LogP contribution in [0.25, 0.3) is 0 Å². The number of aliphatic carboxylic acids is 1. The fraction of sp³-hybridized carbons (Fsp3) is 0.250. The fourth-order valence-corrected chi connectivity index (χ4v) is 3.14. The number of rotatable bonds is 10. The SMILES string of the molecule is Cc1ccc(N(CCc2ccc(OCC(=O)O)cc2)Cc2cccc(OC(F)(F)F)c2)nc1. The molecule has 1 heterocycles. The van der Waals surface area contributed by atoms with Crippen LogP contribution in [0.1, 0.15) is 16.7 Å². The van der Waals surface area contributed by atoms with Crippen molar-refractivity contribution < 1.29 is 32.5 Å². The van der Waals surface area contributed by atoms with E-state index in [2.05, 4.69) is 9.72 Å². The lowest BCUT2D eigenvalue weighted by molar-refractivity contribution is -0.274. The number of ether oxygens (including phenoxy) is 2. The quantitative estimate of drug-likeness (QED) is 0.459. The first-order chi connectivity index (χ1) is 15.7. The summed E-state index contributed by atoms with van der Waals surface area (Å²) in [6.45, 7) is 2.40. The number of aromatic nitrogens is 1. The number of carboxylic acids is 1. The maximum Gasteiger partial charge on any atom is 0.573 e. The molecule has 1 aromatic heterocycles. The first-order valence-electron chi connectivity index (χ1n) is 10.1. The zero-order valence-electron chi connectivity index (χ0n) is 17.9. The maximum absolute atomic E-state index is 12.6. The molecule has 2 aromatic carbocycles. The van der Waals surface area contributed by atoms with Gasteiger partial charge >= 0.3 is 12.3 Å². The summed E-state index contributed by atoms with van der Waals surface area (Å²) in [4.78, 5) is 17.0. The second kappa shape index (κ2) is 10.7. The standard InChI is InChI=1S/C24H23F3N2O4/c1-17-5-10-22(28-14-17)29(15-19-3-2-4-21(13-19)33-24(25,26)27)12-11-18-6-8-20(9-7-18)32-16-23(30)31/h2-10,13-14H,11-12,15-16H2,1H3,(H,30,31). The number of carbonyl (C=O) groups is 1. The molecule has 0 unspecified atom stereocenters. The topological polar surface area (TPSA) is 71.9 Å². The second-order valence-electron chi connectivity index (χ2n) is 7.39. The highest BCUT2D eigenvalue weighted by Crippen LogP contribution is 2.25. The van der Waals surface area contributed by atoms with Crippen LogP contribution in [0.5, 0.6) is 11.5 Å². The molecule has 0 saturated carbocycles. The van der Waals surface area contributed by atoms with Crippen LogP contribution in [-0.2, 0) is 17.8 Å². The number of aryl methyl sites for hydroxylation is 1. The Morgan fingerprint density at radius 3 is 2.42 bits per heavy atom. The molecule has 1 N–H and O–H groups in total. The van der Waals surface area contributed by atoms with Gasteiger partial charge in [0.2, 0.25) is 0 Å². The van der Waals surface area contributed by atoms with Gasteiger partial charge in [0.15, 0.2) is 6.61 Å². The summed E-state index contributed by atoms with van der Waals surface area (Å²) >= 11 is 0. The molecule has 33 heavy (non-hydrogen) atoms. The van der Waals surface area contributed by atoms with Crippen molar-refractivity contribution in [2.75, 3.05) is 18.1 Å². The Hall–Kier alpha value is -3.75. The zero-order valence-corrected chi connectivity index (χ0v) is 17.9. The number of pyridine rings is 1. The van der Waals surface area contributed by atoms with Gasteiger partial charge < -0.3 is 19.5 Å². The number of alkyl halides is 3. The molecule has 0 spiro atoms. The smallest absolute Gasteiger partial charge is 0.482 e. The first kappa shape index (κ1) is 23.9. The fourth-order valence-electron chi connectivity index (χ4n) is 3.14. The summed E-state index contributed by atoms with van der Waals surface area (Å²) in [6.07, 6.45) is -2.38. The number of hydrogen-bond acceptors (Lipinski definition) is 5. The van der Waals surface area contributed by atoms with Crippen LogP contribution < -0.4 is 14.4 Å². The summed E-state index contributed by atoms with van der Waals surface area (Å²) in [5.74, 6) is -0.164. The molecular formula is C24H23F3N2O4. The molecule has 0 atom stereocenters. The van der Waals surface area contributed by atoms with Gasteiger partial charge in [0.1, 0.15) is 17.3 Å². The highest BCUT2D eigenvalue weighted by atomic mass is 19.4. The van der Waals surface area contributed by atoms with Crippen LogP contribution in [0.15, 0.2) is 66.9 Å². The van der Waals surface area contributed by atoms with E-state index in [-0.39, 0.29) is 5.75 Å². The molecule has 174 valence electrons. The third-order valence-electron chi connectivity index (χ3n) is 4.68. The second-order valence-corrected chi connectivity index (χ2v) is 7.39. The van der Waals surface area contributed by atoms with Crippen molar-refractivity contribution in [1.29, 1.82) is 0 Å². The predicted octanol–water partition coefficient (Wildman–Crippen LogP) is 5.00. The Kier molecular flexibility index (Phi) is 7.76. The van der Waals surface area contributed by atoms with Crippen molar-refractivity contribution in [2.45, 2.75) is 26.3 Å². The lowest BCUT2D eigenvalue weighted by Crippen LogP contribution is -2.26. The maximum atomic E-state index is 12.6. The molecular weight excluding hydrogens is 437 g/mol. The average Bonchev–Trinajstić information content (AvgIpc) is 2.75. The summed E-state index contributed by atoms with van der Waals surface area (Å²) in [7, 11) is 0. The first-order valence-corrected chi connectivity index (χ1v) is 10.1. The Labute approximate surface area is 189 Å². The van der Waals surface area contributed by atoms with Crippen molar-refractivity contribution >= 4 is 11.8 Å². The highest BCUT2D eigenvalue weighted by Gasteiger charge is 2.31. The van der Waals surface area contributed by atoms with Gasteiger partial charge in [0, 0.05) is 19.3 Å². The van der Waals surface area contributed by atoms with Crippen LogP contribution >= 0.6 is 0 Å². The molecule has 9 heteroatoms. The van der Waals surface area contributed by atoms with E-state index in [1.54, 1.807) is 24.4 Å². The van der Waals surface area contributed by atoms with E-state index in [1.165, 1.54) is 18.2 Å². The van der Waals surface area contributed by atoms with Gasteiger partial charge in [-0.3, -0.25) is 0 Å². The van der Waals surface area contributed by atoms with E-state index in [4.69, 9.17) is 9.84 Å². The van der Waals surface area contributed by atoms with Gasteiger partial charge in [-0.1, -0.05) is 30.3 Å². The third kappa shape index (κ3) is 8.03. The number of carboxylic acid groups (broad SMARTS) is 1. The Morgan fingerprint density at radius 2 is 1.79 bits per heavy atom. The predicted molar refractivity (Wildman–Crippen MR) is 116 cm³/mol. The number of halogens is 3. The molecule has 0 saturated heterocycles. The molecule has 0 bridgehead atoms. The summed E-state index contributed by atoms with van der Waals surface area (Å²) in [6, 6.07) is 16.8. The highest BCUT2D eigenvalue weighted by molar-refractivity contribution is 5.68. The van der Waals surface area contributed by atoms with Gasteiger partial charge in [-0.25, -0.2) is 9.78 Å². The number of nitrogens with zero attached hydrogens (tertiary/aromatic N) is 2. The van der Waals surface area contributed by atoms with E-state index >= 15 is 0 Å². The zero-order chi connectivity index (χ0) is 23.8. The van der Waals surface area contributed by atoms with Crippen LogP contribution in [-0.4, -0.2) is 35.6 Å². The molecule has 0 aliphatic heterocycles. The van der Waals surface area contributed by atoms with Crippen molar-refractivity contribution in [1.82, 2.24) is 4.98 Å². The van der Waals surface area contributed by atoms with Gasteiger partial charge in [-0.15, -0.1) is 13.2 Å². The van der Waals surface area contributed by atoms with Crippen LogP contribution in [0, 0.1) is 6.92 Å². The van der Waals surface area contributed by atoms with Gasteiger partial charge in [0.25, 0.3) is 0 Å². The third-order valence-corrected chi connectivity index (χ3v) is 4.68. The molecule has 0 aliphatic rings. The minimum Gasteiger partial charge on any atom is -0.482 e. The molecule has 0 amide bonds. The van der Waals surface area contributed by atoms with Crippen molar-refractivity contribution in [2.24, 2.45) is 0 Å². The average molecular weight is 460 g/mol. The van der Waals surface area contributed by atoms with Gasteiger partial charge in [-0.05, 0) is 60.4 Å². The van der Waals surface area contributed by atoms with Crippen LogP contribution in [0.4, 0.5) is 19.0 Å². The number of anilines is 1. The number of hydrogen-bond donors (Lipinski definition) is 1. The van der Waals surface area contributed by atoms with Gasteiger partial charge in [-0.2, -0.15) is 0 Å². The molecule has 3 aromatic rings. The largest absolute Gasteiger partial charge is 0.573 e. The lowest BCUT2D eigenvalue weighted by atomic mass is 10.1. The summed E-state index contributed by atoms with van der Waals surface area (Å²) < 4.78 is 46.9. The Morgan fingerprint density at radius 1 is 1.03 bits per heavy atom. The Bertz CT molecular complexity index is 1050. The molecule has 0 aliphatic carbocycles. The summed E-state index contributed by atoms with van der Waals surface area (Å²) in [5.41, 5.74) is 2.64. The number of benzene rings is 2. The van der Waals surface area contributed by atoms with Crippen molar-refractivity contribution in [3.63, 3.8) is 0 Å². The van der Waals surface area contributed by atoms with E-state index in [0.29, 0.717) is 36.6 Å². The summed E-state index contributed by atoms with van der Waals surface area (Å²) in [5, 5.41) is 8.69. The van der Waals surface area contributed by atoms with Crippen LogP contribution in [0.2, 0.25) is 0 Å². The molecule has 6 nitrogen and oxygen atoms in total. The van der Waals surface area contributed by atoms with E-state index in [0.717, 1.165) is 11.1 Å². The van der Waals surface area contributed by atoms with E-state index in [9.17, 15) is 18.0 Å². The molecule has 0 radical (unpaired) electrons. The minimum atomic E-state index is -4.75. The van der Waals surface area contributed by atoms with Gasteiger partial charge in [0.05, 0.1) is 0 Å². The lowest BCUT2D eigenvalue weighted by Gasteiger charge is -2.24. The van der Waals surface area contributed by atoms with Crippen molar-refractivity contribution in [3.05, 3.63) is 83.6 Å². The van der Waals surface area contributed by atoms with E-state index < -0.39 is 18.9 Å². The van der Waals surface area contributed by atoms with Crippen molar-refractivity contribution in [3.8, 4) is 11.5 Å². The normalized spacial score (nSPS) is 11.2. The van der Waals surface area contributed by atoms with Crippen LogP contribution in [0.3, 0.4) is 0 Å². The molecule has 3 rings (SSSR count). The molecule has 0 fully saturated rings. The minimum absolute atomic E-state index is 0.270. The van der Waals surface area contributed by atoms with E-state index in [1.807, 2.05) is 36.1 Å². The monoisotopic (exact) mass is 460 g/mol.